The summed E-state index contributed by atoms with van der Waals surface area (Å²) >= 11 is 1.81. The van der Waals surface area contributed by atoms with Crippen LogP contribution in [-0.4, -0.2) is 36.8 Å². The molecule has 2 fully saturated rings. The zero-order chi connectivity index (χ0) is 18.5. The number of benzene rings is 2. The van der Waals surface area contributed by atoms with E-state index in [0.717, 1.165) is 19.0 Å². The minimum atomic E-state index is 0.605. The normalized spacial score (nSPS) is 24.3. The van der Waals surface area contributed by atoms with E-state index < -0.39 is 0 Å². The van der Waals surface area contributed by atoms with Crippen LogP contribution in [0.1, 0.15) is 24.0 Å². The number of hydrazine groups is 1. The van der Waals surface area contributed by atoms with Crippen molar-refractivity contribution in [3.05, 3.63) is 65.7 Å². The van der Waals surface area contributed by atoms with Crippen molar-refractivity contribution in [1.82, 2.24) is 15.8 Å². The summed E-state index contributed by atoms with van der Waals surface area (Å²) in [6.07, 6.45) is 5.91. The van der Waals surface area contributed by atoms with E-state index >= 15 is 0 Å². The van der Waals surface area contributed by atoms with Crippen molar-refractivity contribution in [2.45, 2.75) is 36.7 Å². The van der Waals surface area contributed by atoms with Crippen LogP contribution in [0.5, 0.6) is 0 Å². The summed E-state index contributed by atoms with van der Waals surface area (Å²) in [4.78, 5) is 3.97. The molecule has 4 heteroatoms. The highest BCUT2D eigenvalue weighted by Gasteiger charge is 2.35. The Morgan fingerprint density at radius 1 is 0.963 bits per heavy atom. The first-order valence-corrected chi connectivity index (χ1v) is 11.4. The first kappa shape index (κ1) is 19.0. The standard InChI is InChI=1S/C23H31N3S/c1-27-22-9-7-19(8-10-22)17-26-13-11-20(12-14-26)23-21(16-24-25-23)15-18-5-3-2-4-6-18/h2-10,20-21,23-25H,11-17H2,1H3. The fraction of sp³-hybridized carbons (Fsp3) is 0.478. The maximum Gasteiger partial charge on any atom is 0.0286 e. The molecule has 0 radical (unpaired) electrons. The molecular formula is C23H31N3S. The second kappa shape index (κ2) is 9.24. The maximum absolute atomic E-state index is 3.60. The fourth-order valence-corrected chi connectivity index (χ4v) is 5.04. The smallest absolute Gasteiger partial charge is 0.0286 e. The van der Waals surface area contributed by atoms with Gasteiger partial charge in [0.25, 0.3) is 0 Å². The summed E-state index contributed by atoms with van der Waals surface area (Å²) in [5, 5.41) is 0. The summed E-state index contributed by atoms with van der Waals surface area (Å²) in [5.41, 5.74) is 9.94. The van der Waals surface area contributed by atoms with Gasteiger partial charge in [0.15, 0.2) is 0 Å². The number of hydrogen-bond donors (Lipinski definition) is 2. The fourth-order valence-electron chi connectivity index (χ4n) is 4.63. The highest BCUT2D eigenvalue weighted by atomic mass is 32.2. The van der Waals surface area contributed by atoms with Gasteiger partial charge < -0.3 is 0 Å². The van der Waals surface area contributed by atoms with Crippen LogP contribution in [0.15, 0.2) is 59.5 Å². The van der Waals surface area contributed by atoms with Crippen LogP contribution in [0.25, 0.3) is 0 Å². The molecule has 0 aromatic heterocycles. The number of nitrogens with zero attached hydrogens (tertiary/aromatic N) is 1. The van der Waals surface area contributed by atoms with Crippen LogP contribution in [-0.2, 0) is 13.0 Å². The maximum atomic E-state index is 3.60. The van der Waals surface area contributed by atoms with Gasteiger partial charge in [-0.2, -0.15) is 0 Å². The highest BCUT2D eigenvalue weighted by Crippen LogP contribution is 2.29. The summed E-state index contributed by atoms with van der Waals surface area (Å²) in [7, 11) is 0. The monoisotopic (exact) mass is 381 g/mol. The Hall–Kier alpha value is -1.33. The molecule has 2 aromatic rings. The van der Waals surface area contributed by atoms with Gasteiger partial charge in [0.05, 0.1) is 0 Å². The van der Waals surface area contributed by atoms with Gasteiger partial charge in [-0.15, -0.1) is 11.8 Å². The number of thioether (sulfide) groups is 1. The molecule has 0 aliphatic carbocycles. The molecule has 4 rings (SSSR count). The summed E-state index contributed by atoms with van der Waals surface area (Å²) < 4.78 is 0. The zero-order valence-electron chi connectivity index (χ0n) is 16.2. The van der Waals surface area contributed by atoms with Gasteiger partial charge >= 0.3 is 0 Å². The number of rotatable bonds is 6. The third-order valence-electron chi connectivity index (χ3n) is 6.19. The van der Waals surface area contributed by atoms with Crippen LogP contribution >= 0.6 is 11.8 Å². The molecule has 144 valence electrons. The molecule has 3 nitrogen and oxygen atoms in total. The molecule has 2 aliphatic rings. The second-order valence-electron chi connectivity index (χ2n) is 7.96. The van der Waals surface area contributed by atoms with E-state index in [2.05, 4.69) is 76.6 Å². The van der Waals surface area contributed by atoms with E-state index in [-0.39, 0.29) is 0 Å². The van der Waals surface area contributed by atoms with Crippen molar-refractivity contribution in [3.63, 3.8) is 0 Å². The molecule has 0 amide bonds. The predicted octanol–water partition coefficient (Wildman–Crippen LogP) is 3.96. The van der Waals surface area contributed by atoms with Crippen LogP contribution in [0.2, 0.25) is 0 Å². The van der Waals surface area contributed by atoms with Crippen molar-refractivity contribution in [2.24, 2.45) is 11.8 Å². The topological polar surface area (TPSA) is 27.3 Å². The van der Waals surface area contributed by atoms with Gasteiger partial charge in [0, 0.05) is 24.0 Å². The average Bonchev–Trinajstić information content (AvgIpc) is 3.18. The lowest BCUT2D eigenvalue weighted by atomic mass is 9.81. The Balaban J connectivity index is 1.29. The molecule has 0 saturated carbocycles. The Bertz CT molecular complexity index is 695. The van der Waals surface area contributed by atoms with E-state index in [1.807, 2.05) is 11.8 Å². The van der Waals surface area contributed by atoms with Crippen molar-refractivity contribution in [1.29, 1.82) is 0 Å². The zero-order valence-corrected chi connectivity index (χ0v) is 17.0. The highest BCUT2D eigenvalue weighted by molar-refractivity contribution is 7.98. The SMILES string of the molecule is CSc1ccc(CN2CCC(C3NNCC3Cc3ccccc3)CC2)cc1. The Morgan fingerprint density at radius 2 is 1.70 bits per heavy atom. The van der Waals surface area contributed by atoms with Gasteiger partial charge in [-0.1, -0.05) is 42.5 Å². The molecule has 27 heavy (non-hydrogen) atoms. The third-order valence-corrected chi connectivity index (χ3v) is 6.93. The van der Waals surface area contributed by atoms with Crippen molar-refractivity contribution in [2.75, 3.05) is 25.9 Å². The van der Waals surface area contributed by atoms with Crippen LogP contribution in [0.4, 0.5) is 0 Å². The van der Waals surface area contributed by atoms with Crippen molar-refractivity contribution in [3.8, 4) is 0 Å². The average molecular weight is 382 g/mol. The van der Waals surface area contributed by atoms with E-state index in [9.17, 15) is 0 Å². The van der Waals surface area contributed by atoms with E-state index in [1.165, 1.54) is 48.4 Å². The Kier molecular flexibility index (Phi) is 6.51. The molecule has 2 heterocycles. The van der Waals surface area contributed by atoms with E-state index in [0.29, 0.717) is 12.0 Å². The van der Waals surface area contributed by atoms with E-state index in [4.69, 9.17) is 0 Å². The largest absolute Gasteiger partial charge is 0.299 e. The minimum Gasteiger partial charge on any atom is -0.299 e. The summed E-state index contributed by atoms with van der Waals surface area (Å²) in [6.45, 7) is 4.60. The second-order valence-corrected chi connectivity index (χ2v) is 8.84. The van der Waals surface area contributed by atoms with Crippen LogP contribution in [0, 0.1) is 11.8 Å². The molecule has 2 saturated heterocycles. The number of piperidine rings is 1. The van der Waals surface area contributed by atoms with Gasteiger partial charge in [0.2, 0.25) is 0 Å². The van der Waals surface area contributed by atoms with Gasteiger partial charge in [-0.05, 0) is 73.7 Å². The Morgan fingerprint density at radius 3 is 2.41 bits per heavy atom. The molecule has 2 atom stereocenters. The molecular weight excluding hydrogens is 350 g/mol. The quantitative estimate of drug-likeness (QED) is 0.741. The first-order chi connectivity index (χ1) is 13.3. The Labute approximate surface area is 167 Å². The number of nitrogens with one attached hydrogen (secondary N) is 2. The number of hydrogen-bond acceptors (Lipinski definition) is 4. The molecule has 2 unspecified atom stereocenters. The van der Waals surface area contributed by atoms with Gasteiger partial charge in [0.1, 0.15) is 0 Å². The lowest BCUT2D eigenvalue weighted by molar-refractivity contribution is 0.144. The van der Waals surface area contributed by atoms with Gasteiger partial charge in [-0.3, -0.25) is 15.8 Å². The summed E-state index contributed by atoms with van der Waals surface area (Å²) in [6, 6.07) is 20.6. The summed E-state index contributed by atoms with van der Waals surface area (Å²) in [5.74, 6) is 1.48. The molecule has 2 aromatic carbocycles. The molecule has 0 spiro atoms. The molecule has 2 aliphatic heterocycles. The van der Waals surface area contributed by atoms with Crippen molar-refractivity contribution >= 4 is 11.8 Å². The molecule has 0 bridgehead atoms. The van der Waals surface area contributed by atoms with Gasteiger partial charge in [-0.25, -0.2) is 0 Å². The minimum absolute atomic E-state index is 0.605. The predicted molar refractivity (Wildman–Crippen MR) is 115 cm³/mol. The first-order valence-electron chi connectivity index (χ1n) is 10.2. The van der Waals surface area contributed by atoms with Crippen LogP contribution < -0.4 is 10.9 Å². The lowest BCUT2D eigenvalue weighted by Crippen LogP contribution is -2.44. The third kappa shape index (κ3) is 4.94. The molecule has 2 N–H and O–H groups in total. The lowest BCUT2D eigenvalue weighted by Gasteiger charge is -2.36. The van der Waals surface area contributed by atoms with E-state index in [1.54, 1.807) is 0 Å². The van der Waals surface area contributed by atoms with Crippen molar-refractivity contribution < 1.29 is 0 Å². The van der Waals surface area contributed by atoms with Crippen LogP contribution in [0.3, 0.4) is 0 Å². The number of likely N-dealkylation sites (tertiary alicyclic amines) is 1.